The van der Waals surface area contributed by atoms with Gasteiger partial charge in [0.15, 0.2) is 0 Å². The second-order valence-corrected chi connectivity index (χ2v) is 9.90. The van der Waals surface area contributed by atoms with Crippen LogP contribution in [-0.2, 0) is 29.0 Å². The zero-order valence-electron chi connectivity index (χ0n) is 20.9. The number of amides is 1. The zero-order chi connectivity index (χ0) is 26.2. The molecule has 1 saturated heterocycles. The number of imidazole rings is 1. The molecule has 2 aliphatic heterocycles. The molecule has 1 fully saturated rings. The lowest BCUT2D eigenvalue weighted by atomic mass is 9.98. The molecule has 3 heterocycles. The fourth-order valence-electron chi connectivity index (χ4n) is 4.90. The van der Waals surface area contributed by atoms with Crippen molar-refractivity contribution in [2.45, 2.75) is 32.0 Å². The Kier molecular flexibility index (Phi) is 6.51. The number of methoxy groups -OCH3 is 1. The van der Waals surface area contributed by atoms with Crippen molar-refractivity contribution < 1.29 is 23.8 Å². The Morgan fingerprint density at radius 1 is 1.11 bits per heavy atom. The van der Waals surface area contributed by atoms with Crippen LogP contribution in [0.1, 0.15) is 38.5 Å². The number of hydrogen-bond acceptors (Lipinski definition) is 6. The van der Waals surface area contributed by atoms with Gasteiger partial charge in [0, 0.05) is 23.7 Å². The van der Waals surface area contributed by atoms with E-state index in [0.717, 1.165) is 41.9 Å². The smallest absolute Gasteiger partial charge is 0.337 e. The summed E-state index contributed by atoms with van der Waals surface area (Å²) in [5.74, 6) is 1.52. The molecule has 9 heteroatoms. The molecule has 0 aliphatic carbocycles. The SMILES string of the molecule is COC(=O)c1ccc2nc(CN3CCc4ccc(Oc5ccc(Cl)cc5)cc4C3=O)n(C[C@@H]3CCO3)c2c1. The molecule has 194 valence electrons. The quantitative estimate of drug-likeness (QED) is 0.303. The zero-order valence-corrected chi connectivity index (χ0v) is 21.6. The molecule has 0 N–H and O–H groups in total. The van der Waals surface area contributed by atoms with E-state index in [2.05, 4.69) is 4.57 Å². The summed E-state index contributed by atoms with van der Waals surface area (Å²) < 4.78 is 18.6. The van der Waals surface area contributed by atoms with Crippen molar-refractivity contribution >= 4 is 34.5 Å². The molecule has 4 aromatic rings. The second kappa shape index (κ2) is 10.1. The number of carbonyl (C=O) groups is 2. The number of halogens is 1. The monoisotopic (exact) mass is 531 g/mol. The Balaban J connectivity index is 1.28. The molecule has 1 aromatic heterocycles. The highest BCUT2D eigenvalue weighted by Crippen LogP contribution is 2.30. The summed E-state index contributed by atoms with van der Waals surface area (Å²) in [6.07, 6.45) is 1.78. The fourth-order valence-corrected chi connectivity index (χ4v) is 5.02. The molecular weight excluding hydrogens is 506 g/mol. The van der Waals surface area contributed by atoms with E-state index in [1.807, 2.05) is 23.1 Å². The summed E-state index contributed by atoms with van der Waals surface area (Å²) in [5, 5.41) is 0.630. The molecule has 2 aliphatic rings. The summed E-state index contributed by atoms with van der Waals surface area (Å²) in [4.78, 5) is 32.4. The summed E-state index contributed by atoms with van der Waals surface area (Å²) in [7, 11) is 1.36. The Morgan fingerprint density at radius 3 is 2.63 bits per heavy atom. The molecule has 38 heavy (non-hydrogen) atoms. The minimum atomic E-state index is -0.402. The van der Waals surface area contributed by atoms with Crippen molar-refractivity contribution in [1.82, 2.24) is 14.5 Å². The normalized spacial score (nSPS) is 16.7. The van der Waals surface area contributed by atoms with Gasteiger partial charge in [-0.3, -0.25) is 4.79 Å². The van der Waals surface area contributed by atoms with Crippen molar-refractivity contribution in [3.05, 3.63) is 88.2 Å². The summed E-state index contributed by atoms with van der Waals surface area (Å²) >= 11 is 5.98. The average Bonchev–Trinajstić information content (AvgIpc) is 3.25. The number of fused-ring (bicyclic) bond motifs is 2. The van der Waals surface area contributed by atoms with E-state index in [4.69, 9.17) is 30.8 Å². The highest BCUT2D eigenvalue weighted by molar-refractivity contribution is 6.30. The molecule has 0 radical (unpaired) electrons. The number of carbonyl (C=O) groups excluding carboxylic acids is 2. The van der Waals surface area contributed by atoms with Crippen LogP contribution in [0.25, 0.3) is 11.0 Å². The van der Waals surface area contributed by atoms with Crippen LogP contribution in [0.3, 0.4) is 0 Å². The first-order valence-electron chi connectivity index (χ1n) is 12.5. The maximum atomic E-state index is 13.6. The fraction of sp³-hybridized carbons (Fsp3) is 0.276. The molecule has 1 amide bonds. The van der Waals surface area contributed by atoms with E-state index in [9.17, 15) is 9.59 Å². The molecule has 1 atom stereocenters. The summed E-state index contributed by atoms with van der Waals surface area (Å²) in [6, 6.07) is 18.1. The van der Waals surface area contributed by atoms with Gasteiger partial charge < -0.3 is 23.7 Å². The lowest BCUT2D eigenvalue weighted by molar-refractivity contribution is -0.0591. The van der Waals surface area contributed by atoms with E-state index in [0.29, 0.717) is 47.3 Å². The number of hydrogen-bond donors (Lipinski definition) is 0. The van der Waals surface area contributed by atoms with E-state index >= 15 is 0 Å². The Morgan fingerprint density at radius 2 is 1.89 bits per heavy atom. The predicted octanol–water partition coefficient (Wildman–Crippen LogP) is 5.26. The highest BCUT2D eigenvalue weighted by Gasteiger charge is 2.28. The van der Waals surface area contributed by atoms with Gasteiger partial charge in [-0.05, 0) is 73.0 Å². The molecule has 0 unspecified atom stereocenters. The van der Waals surface area contributed by atoms with Crippen molar-refractivity contribution in [3.63, 3.8) is 0 Å². The van der Waals surface area contributed by atoms with Crippen LogP contribution in [0.2, 0.25) is 5.02 Å². The lowest BCUT2D eigenvalue weighted by Crippen LogP contribution is -2.38. The third-order valence-corrected chi connectivity index (χ3v) is 7.31. The third-order valence-electron chi connectivity index (χ3n) is 7.06. The van der Waals surface area contributed by atoms with Gasteiger partial charge in [0.25, 0.3) is 5.91 Å². The van der Waals surface area contributed by atoms with Crippen LogP contribution in [0.4, 0.5) is 0 Å². The number of rotatable bonds is 7. The van der Waals surface area contributed by atoms with E-state index in [-0.39, 0.29) is 12.0 Å². The van der Waals surface area contributed by atoms with Gasteiger partial charge in [-0.1, -0.05) is 17.7 Å². The molecule has 3 aromatic carbocycles. The van der Waals surface area contributed by atoms with Crippen LogP contribution in [0.5, 0.6) is 11.5 Å². The maximum Gasteiger partial charge on any atom is 0.337 e. The van der Waals surface area contributed by atoms with Crippen molar-refractivity contribution in [2.24, 2.45) is 0 Å². The standard InChI is InChI=1S/C29H26ClN3O5/c1-36-29(35)19-3-9-25-26(14-19)33(16-23-11-13-37-23)27(31-25)17-32-12-10-18-2-6-22(15-24(18)28(32)34)38-21-7-4-20(30)5-8-21/h2-9,14-15,23H,10-13,16-17H2,1H3/t23-/m0/s1. The van der Waals surface area contributed by atoms with Crippen LogP contribution in [0, 0.1) is 0 Å². The number of ether oxygens (including phenoxy) is 3. The Bertz CT molecular complexity index is 1530. The Labute approximate surface area is 224 Å². The van der Waals surface area contributed by atoms with Gasteiger partial charge in [0.05, 0.1) is 42.9 Å². The van der Waals surface area contributed by atoms with Gasteiger partial charge in [0.1, 0.15) is 17.3 Å². The van der Waals surface area contributed by atoms with Crippen LogP contribution < -0.4 is 4.74 Å². The molecule has 6 rings (SSSR count). The first-order chi connectivity index (χ1) is 18.5. The van der Waals surface area contributed by atoms with Gasteiger partial charge in [-0.15, -0.1) is 0 Å². The first-order valence-corrected chi connectivity index (χ1v) is 12.9. The average molecular weight is 532 g/mol. The number of benzene rings is 3. The molecule has 0 bridgehead atoms. The number of esters is 1. The number of nitrogens with zero attached hydrogens (tertiary/aromatic N) is 3. The van der Waals surface area contributed by atoms with E-state index in [1.165, 1.54) is 7.11 Å². The van der Waals surface area contributed by atoms with Gasteiger partial charge >= 0.3 is 5.97 Å². The van der Waals surface area contributed by atoms with Crippen LogP contribution >= 0.6 is 11.6 Å². The van der Waals surface area contributed by atoms with Crippen molar-refractivity contribution in [2.75, 3.05) is 20.3 Å². The van der Waals surface area contributed by atoms with Gasteiger partial charge in [-0.2, -0.15) is 0 Å². The topological polar surface area (TPSA) is 82.9 Å². The van der Waals surface area contributed by atoms with Gasteiger partial charge in [0.2, 0.25) is 0 Å². The number of aromatic nitrogens is 2. The molecule has 0 saturated carbocycles. The third kappa shape index (κ3) is 4.73. The molecule has 0 spiro atoms. The highest BCUT2D eigenvalue weighted by atomic mass is 35.5. The largest absolute Gasteiger partial charge is 0.465 e. The van der Waals surface area contributed by atoms with Crippen LogP contribution in [-0.4, -0.2) is 52.7 Å². The molecule has 8 nitrogen and oxygen atoms in total. The summed E-state index contributed by atoms with van der Waals surface area (Å²) in [5.41, 5.74) is 3.66. The second-order valence-electron chi connectivity index (χ2n) is 9.47. The van der Waals surface area contributed by atoms with Crippen LogP contribution in [0.15, 0.2) is 60.7 Å². The maximum absolute atomic E-state index is 13.6. The predicted molar refractivity (Wildman–Crippen MR) is 142 cm³/mol. The Hall–Kier alpha value is -3.88. The minimum absolute atomic E-state index is 0.0680. The first kappa shape index (κ1) is 24.5. The summed E-state index contributed by atoms with van der Waals surface area (Å²) in [6.45, 7) is 2.27. The van der Waals surface area contributed by atoms with E-state index in [1.54, 1.807) is 42.5 Å². The van der Waals surface area contributed by atoms with E-state index < -0.39 is 5.97 Å². The van der Waals surface area contributed by atoms with Crippen molar-refractivity contribution in [3.8, 4) is 11.5 Å². The van der Waals surface area contributed by atoms with Gasteiger partial charge in [-0.25, -0.2) is 9.78 Å². The van der Waals surface area contributed by atoms with Crippen molar-refractivity contribution in [1.29, 1.82) is 0 Å². The lowest BCUT2D eigenvalue weighted by Gasteiger charge is -2.30. The minimum Gasteiger partial charge on any atom is -0.465 e. The molecular formula is C29H26ClN3O5.